The van der Waals surface area contributed by atoms with Crippen LogP contribution in [0.25, 0.3) is 0 Å². The van der Waals surface area contributed by atoms with Crippen molar-refractivity contribution in [1.29, 1.82) is 0 Å². The summed E-state index contributed by atoms with van der Waals surface area (Å²) in [5.74, 6) is 0.970. The van der Waals surface area contributed by atoms with E-state index in [-0.39, 0.29) is 4.90 Å². The maximum absolute atomic E-state index is 12.5. The van der Waals surface area contributed by atoms with Crippen molar-refractivity contribution in [1.82, 2.24) is 4.72 Å². The minimum Gasteiger partial charge on any atom is -0.398 e. The maximum Gasteiger partial charge on any atom is 0.240 e. The molecule has 1 aliphatic rings. The van der Waals surface area contributed by atoms with E-state index in [0.717, 1.165) is 6.42 Å². The Morgan fingerprint density at radius 1 is 1.33 bits per heavy atom. The molecule has 118 valence electrons. The Morgan fingerprint density at radius 3 is 2.67 bits per heavy atom. The average molecular weight is 331 g/mol. The number of hydrogen-bond donors (Lipinski definition) is 2. The molecule has 0 aromatic heterocycles. The highest BCUT2D eigenvalue weighted by Gasteiger charge is 2.25. The van der Waals surface area contributed by atoms with Crippen LogP contribution in [-0.2, 0) is 10.0 Å². The van der Waals surface area contributed by atoms with Gasteiger partial charge in [0.25, 0.3) is 0 Å². The van der Waals surface area contributed by atoms with E-state index in [1.807, 2.05) is 0 Å². The zero-order valence-electron chi connectivity index (χ0n) is 12.5. The number of nitrogens with one attached hydrogen (secondary N) is 1. The number of halogens is 1. The molecule has 2 atom stereocenters. The lowest BCUT2D eigenvalue weighted by Gasteiger charge is -2.28. The molecule has 1 saturated carbocycles. The van der Waals surface area contributed by atoms with E-state index >= 15 is 0 Å². The first-order valence-corrected chi connectivity index (χ1v) is 9.22. The van der Waals surface area contributed by atoms with Gasteiger partial charge in [0, 0.05) is 17.3 Å². The predicted octanol–water partition coefficient (Wildman–Crippen LogP) is 3.34. The van der Waals surface area contributed by atoms with Crippen LogP contribution < -0.4 is 10.5 Å². The third-order valence-electron chi connectivity index (χ3n) is 4.48. The summed E-state index contributed by atoms with van der Waals surface area (Å²) in [4.78, 5) is 0.177. The van der Waals surface area contributed by atoms with Crippen LogP contribution in [0.4, 0.5) is 5.69 Å². The molecule has 4 nitrogen and oxygen atoms in total. The lowest BCUT2D eigenvalue weighted by Crippen LogP contribution is -2.33. The van der Waals surface area contributed by atoms with Gasteiger partial charge in [-0.05, 0) is 42.9 Å². The molecule has 21 heavy (non-hydrogen) atoms. The van der Waals surface area contributed by atoms with Crippen LogP contribution in [0.15, 0.2) is 17.0 Å². The summed E-state index contributed by atoms with van der Waals surface area (Å²) in [6, 6.07) is 3.03. The van der Waals surface area contributed by atoms with Crippen LogP contribution in [0.3, 0.4) is 0 Å². The van der Waals surface area contributed by atoms with Gasteiger partial charge in [0.2, 0.25) is 10.0 Å². The molecular formula is C15H23ClN2O2S. The number of rotatable bonds is 4. The van der Waals surface area contributed by atoms with Gasteiger partial charge < -0.3 is 5.73 Å². The first-order valence-electron chi connectivity index (χ1n) is 7.36. The van der Waals surface area contributed by atoms with Gasteiger partial charge in [-0.3, -0.25) is 0 Å². The highest BCUT2D eigenvalue weighted by molar-refractivity contribution is 7.89. The Hall–Kier alpha value is -0.780. The second-order valence-electron chi connectivity index (χ2n) is 5.99. The largest absolute Gasteiger partial charge is 0.398 e. The highest BCUT2D eigenvalue weighted by atomic mass is 35.5. The molecular weight excluding hydrogens is 308 g/mol. The fourth-order valence-electron chi connectivity index (χ4n) is 2.94. The second kappa shape index (κ2) is 6.55. The van der Waals surface area contributed by atoms with Crippen molar-refractivity contribution in [2.75, 3.05) is 12.3 Å². The fraction of sp³-hybridized carbons (Fsp3) is 0.600. The normalized spacial score (nSPS) is 23.2. The summed E-state index contributed by atoms with van der Waals surface area (Å²) >= 11 is 5.93. The molecule has 1 aromatic rings. The summed E-state index contributed by atoms with van der Waals surface area (Å²) in [5, 5.41) is 0.338. The standard InChI is InChI=1S/C15H23ClN2O2S/c1-10-5-3-4-6-12(10)9-18-21(19,20)15-8-13(16)7-14(17)11(15)2/h7-8,10,12,18H,3-6,9,17H2,1-2H3. The third kappa shape index (κ3) is 3.90. The van der Waals surface area contributed by atoms with Gasteiger partial charge in [0.15, 0.2) is 0 Å². The maximum atomic E-state index is 12.5. The van der Waals surface area contributed by atoms with Crippen LogP contribution in [0.2, 0.25) is 5.02 Å². The topological polar surface area (TPSA) is 72.2 Å². The number of nitrogen functional groups attached to an aromatic ring is 1. The average Bonchev–Trinajstić information content (AvgIpc) is 2.42. The quantitative estimate of drug-likeness (QED) is 0.832. The Balaban J connectivity index is 2.15. The number of anilines is 1. The van der Waals surface area contributed by atoms with Crippen molar-refractivity contribution in [3.63, 3.8) is 0 Å². The van der Waals surface area contributed by atoms with Gasteiger partial charge >= 0.3 is 0 Å². The van der Waals surface area contributed by atoms with Gasteiger partial charge in [-0.2, -0.15) is 0 Å². The van der Waals surface area contributed by atoms with Gasteiger partial charge in [0.1, 0.15) is 0 Å². The molecule has 0 bridgehead atoms. The smallest absolute Gasteiger partial charge is 0.240 e. The third-order valence-corrected chi connectivity index (χ3v) is 6.25. The lowest BCUT2D eigenvalue weighted by molar-refractivity contribution is 0.257. The summed E-state index contributed by atoms with van der Waals surface area (Å²) in [7, 11) is -3.57. The molecule has 6 heteroatoms. The minimum absolute atomic E-state index is 0.177. The second-order valence-corrected chi connectivity index (χ2v) is 8.16. The predicted molar refractivity (Wildman–Crippen MR) is 86.9 cm³/mol. The van der Waals surface area contributed by atoms with E-state index in [9.17, 15) is 8.42 Å². The molecule has 2 unspecified atom stereocenters. The van der Waals surface area contributed by atoms with E-state index in [1.165, 1.54) is 25.3 Å². The van der Waals surface area contributed by atoms with Gasteiger partial charge in [-0.1, -0.05) is 37.8 Å². The van der Waals surface area contributed by atoms with Gasteiger partial charge in [-0.15, -0.1) is 0 Å². The van der Waals surface area contributed by atoms with Crippen molar-refractivity contribution < 1.29 is 8.42 Å². The summed E-state index contributed by atoms with van der Waals surface area (Å²) in [5.41, 5.74) is 6.74. The number of benzene rings is 1. The Morgan fingerprint density at radius 2 is 2.00 bits per heavy atom. The van der Waals surface area contributed by atoms with Crippen molar-refractivity contribution in [3.05, 3.63) is 22.7 Å². The zero-order valence-corrected chi connectivity index (χ0v) is 14.1. The van der Waals surface area contributed by atoms with Crippen molar-refractivity contribution >= 4 is 27.3 Å². The van der Waals surface area contributed by atoms with Crippen LogP contribution in [-0.4, -0.2) is 15.0 Å². The van der Waals surface area contributed by atoms with E-state index in [1.54, 1.807) is 13.0 Å². The highest BCUT2D eigenvalue weighted by Crippen LogP contribution is 2.30. The summed E-state index contributed by atoms with van der Waals surface area (Å²) in [6.45, 7) is 4.37. The Labute approximate surface area is 132 Å². The number of nitrogens with two attached hydrogens (primary N) is 1. The first kappa shape index (κ1) is 16.6. The van der Waals surface area contributed by atoms with Crippen LogP contribution in [0.5, 0.6) is 0 Å². The van der Waals surface area contributed by atoms with E-state index in [0.29, 0.717) is 34.7 Å². The van der Waals surface area contributed by atoms with Crippen molar-refractivity contribution in [2.24, 2.45) is 11.8 Å². The molecule has 1 aromatic carbocycles. The molecule has 1 fully saturated rings. The van der Waals surface area contributed by atoms with Gasteiger partial charge in [-0.25, -0.2) is 13.1 Å². The van der Waals surface area contributed by atoms with E-state index in [4.69, 9.17) is 17.3 Å². The monoisotopic (exact) mass is 330 g/mol. The van der Waals surface area contributed by atoms with Crippen LogP contribution in [0, 0.1) is 18.8 Å². The fourth-order valence-corrected chi connectivity index (χ4v) is 4.63. The summed E-state index contributed by atoms with van der Waals surface area (Å²) < 4.78 is 27.7. The van der Waals surface area contributed by atoms with Crippen LogP contribution in [0.1, 0.15) is 38.2 Å². The van der Waals surface area contributed by atoms with E-state index in [2.05, 4.69) is 11.6 Å². The molecule has 3 N–H and O–H groups in total. The van der Waals surface area contributed by atoms with Crippen molar-refractivity contribution in [3.8, 4) is 0 Å². The van der Waals surface area contributed by atoms with E-state index < -0.39 is 10.0 Å². The molecule has 0 spiro atoms. The lowest BCUT2D eigenvalue weighted by atomic mass is 9.81. The zero-order chi connectivity index (χ0) is 15.6. The van der Waals surface area contributed by atoms with Gasteiger partial charge in [0.05, 0.1) is 4.90 Å². The Kier molecular flexibility index (Phi) is 5.17. The molecule has 0 heterocycles. The molecule has 0 aliphatic heterocycles. The van der Waals surface area contributed by atoms with Crippen LogP contribution >= 0.6 is 11.6 Å². The number of sulfonamides is 1. The molecule has 1 aliphatic carbocycles. The summed E-state index contributed by atoms with van der Waals surface area (Å²) in [6.07, 6.45) is 4.68. The van der Waals surface area contributed by atoms with Crippen molar-refractivity contribution in [2.45, 2.75) is 44.4 Å². The number of hydrogen-bond acceptors (Lipinski definition) is 3. The molecule has 0 amide bonds. The molecule has 2 rings (SSSR count). The molecule has 0 radical (unpaired) electrons. The Bertz CT molecular complexity index is 616. The minimum atomic E-state index is -3.57. The molecule has 0 saturated heterocycles. The first-order chi connectivity index (χ1) is 9.81. The SMILES string of the molecule is Cc1c(N)cc(Cl)cc1S(=O)(=O)NCC1CCCCC1C.